The summed E-state index contributed by atoms with van der Waals surface area (Å²) in [5, 5.41) is 18.1. The Morgan fingerprint density at radius 1 is 1.25 bits per heavy atom. The van der Waals surface area contributed by atoms with Gasteiger partial charge < -0.3 is 10.4 Å². The molecule has 1 amide bonds. The van der Waals surface area contributed by atoms with Gasteiger partial charge in [-0.2, -0.15) is 13.2 Å². The van der Waals surface area contributed by atoms with Gasteiger partial charge in [-0.25, -0.2) is 9.48 Å². The Hall–Kier alpha value is -2.91. The number of aryl methyl sites for hydroxylation is 1. The van der Waals surface area contributed by atoms with E-state index in [1.54, 1.807) is 12.1 Å². The summed E-state index contributed by atoms with van der Waals surface area (Å²) < 4.78 is 38.0. The molecule has 0 spiro atoms. The number of carbonyl (C=O) groups is 2. The Balaban J connectivity index is 2.01. The van der Waals surface area contributed by atoms with E-state index in [0.717, 1.165) is 10.9 Å². The maximum absolute atomic E-state index is 12.3. The second-order valence-electron chi connectivity index (χ2n) is 4.93. The minimum Gasteiger partial charge on any atom is -0.476 e. The van der Waals surface area contributed by atoms with Gasteiger partial charge in [-0.15, -0.1) is 5.10 Å². The van der Waals surface area contributed by atoms with Crippen LogP contribution in [0.1, 0.15) is 22.5 Å². The topological polar surface area (TPSA) is 97.1 Å². The summed E-state index contributed by atoms with van der Waals surface area (Å²) in [6.07, 6.45) is -4.46. The third-order valence-corrected chi connectivity index (χ3v) is 3.03. The molecular formula is C14H13F3N4O3. The molecule has 0 bridgehead atoms. The second-order valence-corrected chi connectivity index (χ2v) is 4.93. The number of carboxylic acid groups (broad SMARTS) is 1. The van der Waals surface area contributed by atoms with E-state index in [0.29, 0.717) is 5.56 Å². The van der Waals surface area contributed by atoms with Gasteiger partial charge >= 0.3 is 12.1 Å². The maximum atomic E-state index is 12.3. The van der Waals surface area contributed by atoms with Gasteiger partial charge in [0.2, 0.25) is 5.91 Å². The molecule has 2 rings (SSSR count). The van der Waals surface area contributed by atoms with Crippen molar-refractivity contribution >= 4 is 17.6 Å². The number of amides is 1. The summed E-state index contributed by atoms with van der Waals surface area (Å²) >= 11 is 0. The predicted molar refractivity (Wildman–Crippen MR) is 76.4 cm³/mol. The molecule has 0 saturated carbocycles. The predicted octanol–water partition coefficient (Wildman–Crippen LogP) is 2.11. The first-order valence-corrected chi connectivity index (χ1v) is 6.82. The molecule has 0 aliphatic rings. The zero-order valence-corrected chi connectivity index (χ0v) is 12.2. The van der Waals surface area contributed by atoms with Gasteiger partial charge in [0, 0.05) is 12.1 Å². The van der Waals surface area contributed by atoms with E-state index in [2.05, 4.69) is 15.6 Å². The molecule has 2 aromatic rings. The first kappa shape index (κ1) is 17.4. The number of hydrogen-bond donors (Lipinski definition) is 2. The molecule has 0 aliphatic carbocycles. The van der Waals surface area contributed by atoms with Gasteiger partial charge in [-0.3, -0.25) is 4.79 Å². The van der Waals surface area contributed by atoms with Crippen LogP contribution >= 0.6 is 0 Å². The smallest absolute Gasteiger partial charge is 0.389 e. The lowest BCUT2D eigenvalue weighted by molar-refractivity contribution is -0.133. The summed E-state index contributed by atoms with van der Waals surface area (Å²) in [6, 6.07) is 6.16. The van der Waals surface area contributed by atoms with Crippen LogP contribution in [0.3, 0.4) is 0 Å². The summed E-state index contributed by atoms with van der Waals surface area (Å²) in [4.78, 5) is 22.6. The Kier molecular flexibility index (Phi) is 5.17. The Morgan fingerprint density at radius 2 is 1.96 bits per heavy atom. The highest BCUT2D eigenvalue weighted by Gasteiger charge is 2.27. The fraction of sp³-hybridized carbons (Fsp3) is 0.286. The monoisotopic (exact) mass is 342 g/mol. The van der Waals surface area contributed by atoms with Gasteiger partial charge in [0.1, 0.15) is 6.54 Å². The number of aromatic nitrogens is 3. The lowest BCUT2D eigenvalue weighted by atomic mass is 10.1. The Morgan fingerprint density at radius 3 is 2.58 bits per heavy atom. The molecular weight excluding hydrogens is 329 g/mol. The van der Waals surface area contributed by atoms with Crippen molar-refractivity contribution in [2.24, 2.45) is 0 Å². The number of benzene rings is 1. The molecule has 10 heteroatoms. The summed E-state index contributed by atoms with van der Waals surface area (Å²) in [5.74, 6) is -1.84. The summed E-state index contributed by atoms with van der Waals surface area (Å²) in [7, 11) is 0. The van der Waals surface area contributed by atoms with E-state index in [1.165, 1.54) is 12.1 Å². The number of halogens is 3. The van der Waals surface area contributed by atoms with Crippen molar-refractivity contribution in [1.29, 1.82) is 0 Å². The third kappa shape index (κ3) is 5.07. The number of hydrogen-bond acceptors (Lipinski definition) is 4. The minimum atomic E-state index is -4.29. The van der Waals surface area contributed by atoms with Gasteiger partial charge in [-0.1, -0.05) is 23.4 Å². The third-order valence-electron chi connectivity index (χ3n) is 3.03. The van der Waals surface area contributed by atoms with E-state index >= 15 is 0 Å². The van der Waals surface area contributed by atoms with Crippen molar-refractivity contribution in [2.75, 3.05) is 5.32 Å². The fourth-order valence-electron chi connectivity index (χ4n) is 1.95. The van der Waals surface area contributed by atoms with E-state index in [9.17, 15) is 22.8 Å². The number of carboxylic acids is 1. The first-order valence-electron chi connectivity index (χ1n) is 6.82. The average Bonchev–Trinajstić information content (AvgIpc) is 2.94. The van der Waals surface area contributed by atoms with Gasteiger partial charge in [0.15, 0.2) is 5.69 Å². The van der Waals surface area contributed by atoms with Crippen LogP contribution in [0.2, 0.25) is 0 Å². The fourth-order valence-corrected chi connectivity index (χ4v) is 1.95. The molecule has 24 heavy (non-hydrogen) atoms. The number of anilines is 1. The minimum absolute atomic E-state index is 0.257. The van der Waals surface area contributed by atoms with Crippen LogP contribution < -0.4 is 5.32 Å². The van der Waals surface area contributed by atoms with Crippen molar-refractivity contribution < 1.29 is 27.9 Å². The summed E-state index contributed by atoms with van der Waals surface area (Å²) in [6.45, 7) is -0.312. The van der Waals surface area contributed by atoms with Crippen molar-refractivity contribution in [3.8, 4) is 0 Å². The molecule has 0 aliphatic heterocycles. The zero-order valence-electron chi connectivity index (χ0n) is 12.2. The van der Waals surface area contributed by atoms with Crippen LogP contribution in [0.15, 0.2) is 30.5 Å². The van der Waals surface area contributed by atoms with Crippen LogP contribution in [-0.2, 0) is 17.8 Å². The normalized spacial score (nSPS) is 11.3. The summed E-state index contributed by atoms with van der Waals surface area (Å²) in [5.41, 5.74) is 0.312. The number of carbonyl (C=O) groups excluding carboxylic acids is 1. The zero-order chi connectivity index (χ0) is 17.7. The van der Waals surface area contributed by atoms with Gasteiger partial charge in [0.05, 0.1) is 6.20 Å². The average molecular weight is 342 g/mol. The van der Waals surface area contributed by atoms with Crippen LogP contribution in [0, 0.1) is 0 Å². The standard InChI is InChI=1S/C14H13F3N4O3/c15-14(16,17)6-5-9-3-1-2-4-10(9)18-12(22)8-21-7-11(13(23)24)19-20-21/h1-4,7H,5-6,8H2,(H,18,22)(H,23,24). The highest BCUT2D eigenvalue weighted by atomic mass is 19.4. The lowest BCUT2D eigenvalue weighted by Crippen LogP contribution is -2.20. The molecule has 0 radical (unpaired) electrons. The van der Waals surface area contributed by atoms with E-state index in [4.69, 9.17) is 5.11 Å². The van der Waals surface area contributed by atoms with Crippen LogP contribution in [0.5, 0.6) is 0 Å². The van der Waals surface area contributed by atoms with Crippen LogP contribution in [-0.4, -0.2) is 38.2 Å². The molecule has 0 saturated heterocycles. The molecule has 2 N–H and O–H groups in total. The van der Waals surface area contributed by atoms with Gasteiger partial charge in [0.25, 0.3) is 0 Å². The molecule has 0 atom stereocenters. The molecule has 7 nitrogen and oxygen atoms in total. The number of nitrogens with one attached hydrogen (secondary N) is 1. The largest absolute Gasteiger partial charge is 0.476 e. The van der Waals surface area contributed by atoms with E-state index in [1.807, 2.05) is 0 Å². The highest BCUT2D eigenvalue weighted by Crippen LogP contribution is 2.25. The molecule has 0 unspecified atom stereocenters. The number of para-hydroxylation sites is 1. The Labute approximate surface area is 134 Å². The lowest BCUT2D eigenvalue weighted by Gasteiger charge is -2.12. The second kappa shape index (κ2) is 7.11. The van der Waals surface area contributed by atoms with Gasteiger partial charge in [-0.05, 0) is 18.1 Å². The molecule has 1 aromatic carbocycles. The maximum Gasteiger partial charge on any atom is 0.389 e. The van der Waals surface area contributed by atoms with Crippen molar-refractivity contribution in [1.82, 2.24) is 15.0 Å². The van der Waals surface area contributed by atoms with E-state index in [-0.39, 0.29) is 24.3 Å². The van der Waals surface area contributed by atoms with Crippen molar-refractivity contribution in [3.63, 3.8) is 0 Å². The van der Waals surface area contributed by atoms with Crippen molar-refractivity contribution in [2.45, 2.75) is 25.6 Å². The number of rotatable bonds is 6. The molecule has 128 valence electrons. The molecule has 1 aromatic heterocycles. The quantitative estimate of drug-likeness (QED) is 0.838. The molecule has 1 heterocycles. The van der Waals surface area contributed by atoms with Crippen LogP contribution in [0.4, 0.5) is 18.9 Å². The first-order chi connectivity index (χ1) is 11.2. The highest BCUT2D eigenvalue weighted by molar-refractivity contribution is 5.91. The molecule has 0 fully saturated rings. The number of alkyl halides is 3. The number of nitrogens with zero attached hydrogens (tertiary/aromatic N) is 3. The SMILES string of the molecule is O=C(Cn1cc(C(=O)O)nn1)Nc1ccccc1CCC(F)(F)F. The van der Waals surface area contributed by atoms with E-state index < -0.39 is 24.5 Å². The van der Waals surface area contributed by atoms with Crippen molar-refractivity contribution in [3.05, 3.63) is 41.7 Å². The van der Waals surface area contributed by atoms with Crippen LogP contribution in [0.25, 0.3) is 0 Å². The Bertz CT molecular complexity index is 743. The number of aromatic carboxylic acids is 1.